The summed E-state index contributed by atoms with van der Waals surface area (Å²) in [5, 5.41) is 12.9. The first-order chi connectivity index (χ1) is 10.4. The summed E-state index contributed by atoms with van der Waals surface area (Å²) in [5.74, 6) is -1.18. The average molecular weight is 331 g/mol. The van der Waals surface area contributed by atoms with Gasteiger partial charge in [-0.25, -0.2) is 4.39 Å². The predicted molar refractivity (Wildman–Crippen MR) is 78.1 cm³/mol. The Morgan fingerprint density at radius 2 is 2.27 bits per heavy atom. The van der Waals surface area contributed by atoms with Gasteiger partial charge in [-0.15, -0.1) is 0 Å². The molecule has 1 N–H and O–H groups in total. The maximum absolute atomic E-state index is 13.5. The second-order valence-electron chi connectivity index (χ2n) is 5.12. The fraction of sp³-hybridized carbons (Fsp3) is 0.500. The maximum Gasteiger partial charge on any atom is 0.291 e. The van der Waals surface area contributed by atoms with Crippen LogP contribution in [0.5, 0.6) is 0 Å². The Morgan fingerprint density at radius 3 is 2.86 bits per heavy atom. The van der Waals surface area contributed by atoms with Gasteiger partial charge < -0.3 is 10.1 Å². The van der Waals surface area contributed by atoms with Crippen molar-refractivity contribution in [3.8, 4) is 0 Å². The lowest BCUT2D eigenvalue weighted by molar-refractivity contribution is -0.384. The van der Waals surface area contributed by atoms with E-state index in [2.05, 4.69) is 5.32 Å². The first-order valence-electron chi connectivity index (χ1n) is 6.97. The first kappa shape index (κ1) is 16.6. The van der Waals surface area contributed by atoms with Crippen LogP contribution in [-0.2, 0) is 16.1 Å². The topological polar surface area (TPSA) is 81.5 Å². The van der Waals surface area contributed by atoms with E-state index in [-0.39, 0.29) is 24.1 Å². The van der Waals surface area contributed by atoms with Crippen LogP contribution in [0.25, 0.3) is 0 Å². The highest BCUT2D eigenvalue weighted by Crippen LogP contribution is 2.28. The summed E-state index contributed by atoms with van der Waals surface area (Å²) < 4.78 is 19.1. The highest BCUT2D eigenvalue weighted by molar-refractivity contribution is 6.32. The van der Waals surface area contributed by atoms with Gasteiger partial charge in [-0.1, -0.05) is 18.5 Å². The Morgan fingerprint density at radius 1 is 1.55 bits per heavy atom. The molecule has 0 aromatic heterocycles. The quantitative estimate of drug-likeness (QED) is 0.664. The van der Waals surface area contributed by atoms with Gasteiger partial charge in [0.05, 0.1) is 11.0 Å². The highest BCUT2D eigenvalue weighted by Gasteiger charge is 2.29. The van der Waals surface area contributed by atoms with Crippen molar-refractivity contribution < 1.29 is 18.8 Å². The minimum absolute atomic E-state index is 0.0234. The van der Waals surface area contributed by atoms with Crippen LogP contribution in [0.4, 0.5) is 10.1 Å². The number of nitrogens with one attached hydrogen (secondary N) is 1. The zero-order valence-electron chi connectivity index (χ0n) is 12.0. The SMILES string of the molecule is CCC1CCC(C(=O)NCc2cc(F)c(Cl)c([N+](=O)[O-])c2)O1. The fourth-order valence-electron chi connectivity index (χ4n) is 2.37. The van der Waals surface area contributed by atoms with Crippen LogP contribution in [-0.4, -0.2) is 23.0 Å². The van der Waals surface area contributed by atoms with Gasteiger partial charge in [0.2, 0.25) is 5.91 Å². The van der Waals surface area contributed by atoms with Crippen LogP contribution in [0.2, 0.25) is 5.02 Å². The average Bonchev–Trinajstić information content (AvgIpc) is 2.96. The number of nitrogens with zero attached hydrogens (tertiary/aromatic N) is 1. The van der Waals surface area contributed by atoms with Gasteiger partial charge in [-0.3, -0.25) is 14.9 Å². The van der Waals surface area contributed by atoms with Crippen molar-refractivity contribution in [2.75, 3.05) is 0 Å². The summed E-state index contributed by atoms with van der Waals surface area (Å²) in [6, 6.07) is 2.22. The normalized spacial score (nSPS) is 20.9. The summed E-state index contributed by atoms with van der Waals surface area (Å²) in [5.41, 5.74) is -0.249. The summed E-state index contributed by atoms with van der Waals surface area (Å²) in [7, 11) is 0. The largest absolute Gasteiger partial charge is 0.365 e. The van der Waals surface area contributed by atoms with Crippen molar-refractivity contribution in [2.45, 2.75) is 44.9 Å². The summed E-state index contributed by atoms with van der Waals surface area (Å²) in [4.78, 5) is 22.0. The van der Waals surface area contributed by atoms with E-state index in [1.54, 1.807) is 0 Å². The molecule has 1 saturated heterocycles. The zero-order chi connectivity index (χ0) is 16.3. The number of amides is 1. The Hall–Kier alpha value is -1.73. The van der Waals surface area contributed by atoms with Crippen LogP contribution < -0.4 is 5.32 Å². The second-order valence-corrected chi connectivity index (χ2v) is 5.50. The minimum Gasteiger partial charge on any atom is -0.365 e. The van der Waals surface area contributed by atoms with E-state index in [0.717, 1.165) is 25.0 Å². The number of carbonyl (C=O) groups excluding carboxylic acids is 1. The molecule has 22 heavy (non-hydrogen) atoms. The number of nitro benzene ring substituents is 1. The monoisotopic (exact) mass is 330 g/mol. The Labute approximate surface area is 131 Å². The third-order valence-corrected chi connectivity index (χ3v) is 3.96. The van der Waals surface area contributed by atoms with Gasteiger partial charge in [0.25, 0.3) is 5.69 Å². The highest BCUT2D eigenvalue weighted by atomic mass is 35.5. The lowest BCUT2D eigenvalue weighted by Gasteiger charge is -2.13. The molecule has 120 valence electrons. The molecule has 1 heterocycles. The Bertz CT molecular complexity index is 596. The van der Waals surface area contributed by atoms with Crippen molar-refractivity contribution in [3.63, 3.8) is 0 Å². The number of ether oxygens (including phenoxy) is 1. The molecule has 2 unspecified atom stereocenters. The van der Waals surface area contributed by atoms with Crippen LogP contribution in [0.1, 0.15) is 31.7 Å². The molecule has 1 aliphatic rings. The van der Waals surface area contributed by atoms with Crippen LogP contribution in [0, 0.1) is 15.9 Å². The summed E-state index contributed by atoms with van der Waals surface area (Å²) >= 11 is 5.53. The zero-order valence-corrected chi connectivity index (χ0v) is 12.7. The number of rotatable bonds is 5. The van der Waals surface area contributed by atoms with E-state index in [4.69, 9.17) is 16.3 Å². The van der Waals surface area contributed by atoms with E-state index in [1.807, 2.05) is 6.92 Å². The van der Waals surface area contributed by atoms with Crippen molar-refractivity contribution >= 4 is 23.2 Å². The van der Waals surface area contributed by atoms with Gasteiger partial charge in [0.15, 0.2) is 5.02 Å². The third-order valence-electron chi connectivity index (χ3n) is 3.59. The summed E-state index contributed by atoms with van der Waals surface area (Å²) in [6.45, 7) is 1.96. The molecule has 1 amide bonds. The molecule has 1 aromatic carbocycles. The van der Waals surface area contributed by atoms with Gasteiger partial charge in [-0.2, -0.15) is 0 Å². The predicted octanol–water partition coefficient (Wildman–Crippen LogP) is 2.96. The molecule has 0 radical (unpaired) electrons. The standard InChI is InChI=1S/C14H16ClFN2O4/c1-2-9-3-4-12(22-9)14(19)17-7-8-5-10(16)13(15)11(6-8)18(20)21/h5-6,9,12H,2-4,7H2,1H3,(H,17,19). The molecule has 8 heteroatoms. The van der Waals surface area contributed by atoms with E-state index >= 15 is 0 Å². The van der Waals surface area contributed by atoms with Crippen LogP contribution in [0.15, 0.2) is 12.1 Å². The van der Waals surface area contributed by atoms with Crippen molar-refractivity contribution in [3.05, 3.63) is 38.7 Å². The molecule has 6 nitrogen and oxygen atoms in total. The van der Waals surface area contributed by atoms with Gasteiger partial charge in [0.1, 0.15) is 11.9 Å². The van der Waals surface area contributed by atoms with Crippen LogP contribution >= 0.6 is 11.6 Å². The number of hydrogen-bond donors (Lipinski definition) is 1. The van der Waals surface area contributed by atoms with E-state index in [9.17, 15) is 19.3 Å². The fourth-order valence-corrected chi connectivity index (χ4v) is 2.54. The lowest BCUT2D eigenvalue weighted by Crippen LogP contribution is -2.34. The molecule has 1 aromatic rings. The number of benzene rings is 1. The van der Waals surface area contributed by atoms with Gasteiger partial charge in [-0.05, 0) is 30.9 Å². The molecule has 2 rings (SSSR count). The summed E-state index contributed by atoms with van der Waals surface area (Å²) in [6.07, 6.45) is 1.88. The molecule has 1 fully saturated rings. The molecule has 1 aliphatic heterocycles. The number of halogens is 2. The van der Waals surface area contributed by atoms with Gasteiger partial charge in [0, 0.05) is 12.6 Å². The Balaban J connectivity index is 2.00. The lowest BCUT2D eigenvalue weighted by atomic mass is 10.1. The van der Waals surface area contributed by atoms with Gasteiger partial charge >= 0.3 is 0 Å². The van der Waals surface area contributed by atoms with Crippen LogP contribution in [0.3, 0.4) is 0 Å². The Kier molecular flexibility index (Phi) is 5.31. The molecule has 2 atom stereocenters. The maximum atomic E-state index is 13.5. The molecule has 0 aliphatic carbocycles. The third kappa shape index (κ3) is 3.72. The number of carbonyl (C=O) groups is 1. The van der Waals surface area contributed by atoms with Crippen molar-refractivity contribution in [2.24, 2.45) is 0 Å². The smallest absolute Gasteiger partial charge is 0.291 e. The van der Waals surface area contributed by atoms with Crippen molar-refractivity contribution in [1.29, 1.82) is 0 Å². The second kappa shape index (κ2) is 7.02. The number of hydrogen-bond acceptors (Lipinski definition) is 4. The molecule has 0 bridgehead atoms. The first-order valence-corrected chi connectivity index (χ1v) is 7.35. The van der Waals surface area contributed by atoms with Crippen molar-refractivity contribution in [1.82, 2.24) is 5.32 Å². The molecular formula is C14H16ClFN2O4. The minimum atomic E-state index is -0.886. The van der Waals surface area contributed by atoms with E-state index in [0.29, 0.717) is 6.42 Å². The molecular weight excluding hydrogens is 315 g/mol. The van der Waals surface area contributed by atoms with E-state index < -0.39 is 27.6 Å². The number of nitro groups is 1. The molecule has 0 saturated carbocycles. The molecule has 0 spiro atoms. The van der Waals surface area contributed by atoms with E-state index in [1.165, 1.54) is 0 Å².